The molecule has 2 atom stereocenters. The predicted octanol–water partition coefficient (Wildman–Crippen LogP) is 3.49. The van der Waals surface area contributed by atoms with Crippen LogP contribution in [0.3, 0.4) is 0 Å². The first-order chi connectivity index (χ1) is 16.1. The maximum atomic E-state index is 13.8. The van der Waals surface area contributed by atoms with E-state index in [1.54, 1.807) is 7.05 Å². The number of H-pyrrole nitrogens is 1. The molecule has 0 radical (unpaired) electrons. The minimum absolute atomic E-state index is 0.0752. The largest absolute Gasteiger partial charge is 0.503 e. The lowest BCUT2D eigenvalue weighted by atomic mass is 9.93. The molecule has 11 heteroatoms. The Bertz CT molecular complexity index is 1190. The van der Waals surface area contributed by atoms with Crippen LogP contribution >= 0.6 is 11.8 Å². The van der Waals surface area contributed by atoms with Gasteiger partial charge in [-0.05, 0) is 50.3 Å². The molecular formula is C23H27F2N5O3S. The van der Waals surface area contributed by atoms with Gasteiger partial charge in [-0.3, -0.25) is 25.7 Å². The van der Waals surface area contributed by atoms with Gasteiger partial charge in [-0.25, -0.2) is 8.78 Å². The standard InChI is InChI=1S/C23H27F2N5O3S/c1-3-13-5-4-8-23(13,28-2)30-22(33)18-20(32)19(31)15(11-29-18)21(27)34-17(26)9-12-6-7-14(24)10-16(12)25/h6-7,10-11,13,26-28,32H,3-5,8-9H2,1-2H3,(H,29,31)(H,30,33)/t13-,23?/m1/s1. The summed E-state index contributed by atoms with van der Waals surface area (Å²) >= 11 is 0.595. The number of amides is 1. The maximum Gasteiger partial charge on any atom is 0.273 e. The molecule has 34 heavy (non-hydrogen) atoms. The van der Waals surface area contributed by atoms with Gasteiger partial charge in [0, 0.05) is 18.7 Å². The van der Waals surface area contributed by atoms with Crippen LogP contribution in [0, 0.1) is 28.4 Å². The molecular weight excluding hydrogens is 464 g/mol. The number of hydrogen-bond donors (Lipinski definition) is 6. The summed E-state index contributed by atoms with van der Waals surface area (Å²) < 4.78 is 26.9. The van der Waals surface area contributed by atoms with Crippen LogP contribution in [0.2, 0.25) is 0 Å². The predicted molar refractivity (Wildman–Crippen MR) is 128 cm³/mol. The zero-order chi connectivity index (χ0) is 25.0. The molecule has 1 fully saturated rings. The van der Waals surface area contributed by atoms with Gasteiger partial charge in [-0.1, -0.05) is 24.8 Å². The molecule has 1 aromatic carbocycles. The highest BCUT2D eigenvalue weighted by molar-refractivity contribution is 8.26. The lowest BCUT2D eigenvalue weighted by Gasteiger charge is -2.36. The lowest BCUT2D eigenvalue weighted by molar-refractivity contribution is 0.0830. The van der Waals surface area contributed by atoms with Crippen molar-refractivity contribution in [1.29, 1.82) is 10.8 Å². The second kappa shape index (κ2) is 10.5. The topological polar surface area (TPSA) is 142 Å². The van der Waals surface area contributed by atoms with Gasteiger partial charge in [0.25, 0.3) is 5.91 Å². The zero-order valence-corrected chi connectivity index (χ0v) is 19.7. The van der Waals surface area contributed by atoms with E-state index in [1.807, 2.05) is 6.92 Å². The molecule has 8 nitrogen and oxygen atoms in total. The average molecular weight is 492 g/mol. The van der Waals surface area contributed by atoms with Gasteiger partial charge < -0.3 is 15.4 Å². The Morgan fingerprint density at radius 3 is 2.74 bits per heavy atom. The van der Waals surface area contributed by atoms with E-state index in [-0.39, 0.29) is 39.2 Å². The van der Waals surface area contributed by atoms with Crippen molar-refractivity contribution in [3.63, 3.8) is 0 Å². The number of thioether (sulfide) groups is 1. The molecule has 0 aliphatic heterocycles. The summed E-state index contributed by atoms with van der Waals surface area (Å²) in [5.41, 5.74) is -2.04. The maximum absolute atomic E-state index is 13.8. The summed E-state index contributed by atoms with van der Waals surface area (Å²) in [5, 5.41) is 32.2. The van der Waals surface area contributed by atoms with Gasteiger partial charge >= 0.3 is 0 Å². The van der Waals surface area contributed by atoms with E-state index in [2.05, 4.69) is 15.6 Å². The van der Waals surface area contributed by atoms with Crippen LogP contribution in [0.5, 0.6) is 5.75 Å². The van der Waals surface area contributed by atoms with Crippen molar-refractivity contribution in [2.24, 2.45) is 5.92 Å². The fraction of sp³-hybridized carbons (Fsp3) is 0.391. The van der Waals surface area contributed by atoms with Crippen LogP contribution in [0.1, 0.15) is 54.2 Å². The van der Waals surface area contributed by atoms with Gasteiger partial charge in [0.15, 0.2) is 11.4 Å². The number of halogens is 2. The Kier molecular flexibility index (Phi) is 7.88. The number of aromatic hydroxyl groups is 1. The third kappa shape index (κ3) is 5.20. The van der Waals surface area contributed by atoms with Crippen molar-refractivity contribution < 1.29 is 18.7 Å². The molecule has 0 saturated heterocycles. The first-order valence-corrected chi connectivity index (χ1v) is 11.7. The Morgan fingerprint density at radius 2 is 2.09 bits per heavy atom. The molecule has 1 aliphatic carbocycles. The number of aromatic amines is 1. The lowest BCUT2D eigenvalue weighted by Crippen LogP contribution is -2.60. The molecule has 0 spiro atoms. The molecule has 0 bridgehead atoms. The normalized spacial score (nSPS) is 19.7. The van der Waals surface area contributed by atoms with Crippen molar-refractivity contribution in [2.45, 2.75) is 44.7 Å². The molecule has 1 saturated carbocycles. The van der Waals surface area contributed by atoms with E-state index in [9.17, 15) is 23.5 Å². The first kappa shape index (κ1) is 25.6. The smallest absolute Gasteiger partial charge is 0.273 e. The summed E-state index contributed by atoms with van der Waals surface area (Å²) in [7, 11) is 1.76. The van der Waals surface area contributed by atoms with E-state index >= 15 is 0 Å². The molecule has 1 heterocycles. The van der Waals surface area contributed by atoms with Crippen LogP contribution in [-0.2, 0) is 6.42 Å². The van der Waals surface area contributed by atoms with Crippen molar-refractivity contribution in [2.75, 3.05) is 7.05 Å². The summed E-state index contributed by atoms with van der Waals surface area (Å²) in [6, 6.07) is 2.99. The van der Waals surface area contributed by atoms with E-state index < -0.39 is 34.4 Å². The third-order valence-corrected chi connectivity index (χ3v) is 7.03. The minimum Gasteiger partial charge on any atom is -0.503 e. The highest BCUT2D eigenvalue weighted by Gasteiger charge is 2.42. The van der Waals surface area contributed by atoms with Crippen LogP contribution in [0.4, 0.5) is 8.78 Å². The van der Waals surface area contributed by atoms with Crippen molar-refractivity contribution in [3.05, 3.63) is 63.1 Å². The number of carbonyl (C=O) groups excluding carboxylic acids is 1. The summed E-state index contributed by atoms with van der Waals surface area (Å²) in [6.45, 7) is 2.04. The van der Waals surface area contributed by atoms with Gasteiger partial charge in [-0.2, -0.15) is 0 Å². The molecule has 2 aromatic rings. The van der Waals surface area contributed by atoms with Crippen molar-refractivity contribution in [3.8, 4) is 5.75 Å². The van der Waals surface area contributed by atoms with Gasteiger partial charge in [0.05, 0.1) is 16.3 Å². The summed E-state index contributed by atoms with van der Waals surface area (Å²) in [6.07, 6.45) is 4.38. The number of hydrogen-bond acceptors (Lipinski definition) is 7. The second-order valence-electron chi connectivity index (χ2n) is 8.19. The quantitative estimate of drug-likeness (QED) is 0.200. The van der Waals surface area contributed by atoms with Crippen molar-refractivity contribution >= 4 is 27.8 Å². The zero-order valence-electron chi connectivity index (χ0n) is 18.9. The molecule has 182 valence electrons. The summed E-state index contributed by atoms with van der Waals surface area (Å²) in [4.78, 5) is 28.2. The number of carbonyl (C=O) groups is 1. The monoisotopic (exact) mass is 491 g/mol. The highest BCUT2D eigenvalue weighted by atomic mass is 32.2. The number of rotatable bonds is 7. The number of pyridine rings is 1. The first-order valence-electron chi connectivity index (χ1n) is 10.9. The summed E-state index contributed by atoms with van der Waals surface area (Å²) in [5.74, 6) is -2.81. The number of nitrogens with one attached hydrogen (secondary N) is 5. The van der Waals surface area contributed by atoms with Gasteiger partial charge in [0.2, 0.25) is 5.43 Å². The Morgan fingerprint density at radius 1 is 1.35 bits per heavy atom. The molecule has 1 amide bonds. The Balaban J connectivity index is 1.74. The fourth-order valence-corrected chi connectivity index (χ4v) is 5.10. The molecule has 1 unspecified atom stereocenters. The third-order valence-electron chi connectivity index (χ3n) is 6.22. The molecule has 6 N–H and O–H groups in total. The SMILES string of the molecule is CC[C@@H]1CCCC1(NC)NC(=O)c1[nH]cc(C(=N)SC(=N)Cc2ccc(F)cc2F)c(=O)c1O. The molecule has 3 rings (SSSR count). The van der Waals surface area contributed by atoms with E-state index in [0.29, 0.717) is 17.8 Å². The number of benzene rings is 1. The van der Waals surface area contributed by atoms with Crippen molar-refractivity contribution in [1.82, 2.24) is 15.6 Å². The fourth-order valence-electron chi connectivity index (χ4n) is 4.37. The Hall–Kier alpha value is -3.05. The molecule has 1 aromatic heterocycles. The van der Waals surface area contributed by atoms with Crippen LogP contribution in [-0.4, -0.2) is 38.8 Å². The second-order valence-corrected chi connectivity index (χ2v) is 9.30. The van der Waals surface area contributed by atoms with Gasteiger partial charge in [0.1, 0.15) is 16.7 Å². The van der Waals surface area contributed by atoms with E-state index in [1.165, 1.54) is 6.07 Å². The average Bonchev–Trinajstić information content (AvgIpc) is 3.20. The van der Waals surface area contributed by atoms with E-state index in [4.69, 9.17) is 10.8 Å². The van der Waals surface area contributed by atoms with Crippen LogP contribution < -0.4 is 16.1 Å². The molecule has 1 aliphatic rings. The van der Waals surface area contributed by atoms with Crippen LogP contribution in [0.25, 0.3) is 0 Å². The van der Waals surface area contributed by atoms with Crippen LogP contribution in [0.15, 0.2) is 29.2 Å². The highest BCUT2D eigenvalue weighted by Crippen LogP contribution is 2.36. The van der Waals surface area contributed by atoms with Gasteiger partial charge in [-0.15, -0.1) is 0 Å². The van der Waals surface area contributed by atoms with E-state index in [0.717, 1.165) is 37.9 Å². The Labute approximate surface area is 199 Å². The minimum atomic E-state index is -0.931. The number of aromatic nitrogens is 1.